The monoisotopic (exact) mass is 306 g/mol. The molecule has 0 fully saturated rings. The van der Waals surface area contributed by atoms with Crippen molar-refractivity contribution in [3.8, 4) is 0 Å². The van der Waals surface area contributed by atoms with Crippen LogP contribution in [0.15, 0.2) is 47.2 Å². The summed E-state index contributed by atoms with van der Waals surface area (Å²) in [4.78, 5) is 6.12. The molecule has 0 saturated carbocycles. The predicted octanol–water partition coefficient (Wildman–Crippen LogP) is 2.97. The fourth-order valence-electron chi connectivity index (χ4n) is 1.90. The third-order valence-corrected chi connectivity index (χ3v) is 3.29. The zero-order chi connectivity index (χ0) is 13.0. The maximum absolute atomic E-state index is 9.40. The highest BCUT2D eigenvalue weighted by molar-refractivity contribution is 9.10. The van der Waals surface area contributed by atoms with Crippen molar-refractivity contribution < 1.29 is 5.11 Å². The largest absolute Gasteiger partial charge is 0.392 e. The van der Waals surface area contributed by atoms with Crippen LogP contribution in [0.25, 0.3) is 0 Å². The van der Waals surface area contributed by atoms with Crippen LogP contribution >= 0.6 is 15.9 Å². The molecule has 2 aromatic rings. The van der Waals surface area contributed by atoms with Gasteiger partial charge in [0.1, 0.15) is 0 Å². The fourth-order valence-corrected chi connectivity index (χ4v) is 2.31. The molecular weight excluding hydrogens is 292 g/mol. The van der Waals surface area contributed by atoms with E-state index >= 15 is 0 Å². The first-order chi connectivity index (χ1) is 8.70. The molecule has 2 rings (SSSR count). The van der Waals surface area contributed by atoms with Crippen LogP contribution < -0.4 is 4.90 Å². The molecule has 18 heavy (non-hydrogen) atoms. The molecule has 0 spiro atoms. The molecule has 4 heteroatoms. The van der Waals surface area contributed by atoms with Crippen LogP contribution in [0.5, 0.6) is 0 Å². The zero-order valence-electron chi connectivity index (χ0n) is 10.2. The molecule has 0 amide bonds. The molecular formula is C14H15BrN2O. The summed E-state index contributed by atoms with van der Waals surface area (Å²) < 4.78 is 0.979. The Bertz CT molecular complexity index is 516. The van der Waals surface area contributed by atoms with Crippen LogP contribution in [-0.4, -0.2) is 17.1 Å². The Hall–Kier alpha value is -1.39. The lowest BCUT2D eigenvalue weighted by molar-refractivity contribution is 0.282. The van der Waals surface area contributed by atoms with Crippen molar-refractivity contribution in [1.29, 1.82) is 0 Å². The van der Waals surface area contributed by atoms with Gasteiger partial charge in [0.15, 0.2) is 0 Å². The molecule has 0 aliphatic carbocycles. The van der Waals surface area contributed by atoms with Crippen LogP contribution in [0, 0.1) is 0 Å². The Kier molecular flexibility index (Phi) is 4.33. The van der Waals surface area contributed by atoms with E-state index in [0.29, 0.717) is 0 Å². The van der Waals surface area contributed by atoms with Crippen LogP contribution in [0.2, 0.25) is 0 Å². The number of pyridine rings is 1. The lowest BCUT2D eigenvalue weighted by Crippen LogP contribution is -2.18. The van der Waals surface area contributed by atoms with Crippen molar-refractivity contribution >= 4 is 21.6 Å². The normalized spacial score (nSPS) is 10.4. The molecule has 1 heterocycles. The van der Waals surface area contributed by atoms with Gasteiger partial charge in [0.2, 0.25) is 0 Å². The van der Waals surface area contributed by atoms with E-state index in [2.05, 4.69) is 25.8 Å². The summed E-state index contributed by atoms with van der Waals surface area (Å²) in [5, 5.41) is 9.40. The molecule has 0 unspecified atom stereocenters. The minimum atomic E-state index is 0.0372. The molecule has 0 saturated heterocycles. The van der Waals surface area contributed by atoms with Crippen LogP contribution in [0.4, 0.5) is 5.69 Å². The molecule has 94 valence electrons. The van der Waals surface area contributed by atoms with Crippen molar-refractivity contribution in [2.75, 3.05) is 11.9 Å². The van der Waals surface area contributed by atoms with Gasteiger partial charge in [0, 0.05) is 41.7 Å². The Morgan fingerprint density at radius 3 is 2.61 bits per heavy atom. The summed E-state index contributed by atoms with van der Waals surface area (Å²) in [6, 6.07) is 9.93. The number of aliphatic hydroxyl groups is 1. The lowest BCUT2D eigenvalue weighted by atomic mass is 10.1. The Balaban J connectivity index is 2.21. The van der Waals surface area contributed by atoms with Crippen LogP contribution in [0.1, 0.15) is 11.1 Å². The van der Waals surface area contributed by atoms with E-state index < -0.39 is 0 Å². The number of nitrogens with zero attached hydrogens (tertiary/aromatic N) is 2. The van der Waals surface area contributed by atoms with Crippen molar-refractivity contribution in [3.05, 3.63) is 58.3 Å². The second-order valence-electron chi connectivity index (χ2n) is 4.14. The highest BCUT2D eigenvalue weighted by Crippen LogP contribution is 2.25. The third kappa shape index (κ3) is 3.09. The van der Waals surface area contributed by atoms with Gasteiger partial charge in [-0.3, -0.25) is 4.98 Å². The molecule has 0 atom stereocenters. The lowest BCUT2D eigenvalue weighted by Gasteiger charge is -2.22. The summed E-state index contributed by atoms with van der Waals surface area (Å²) in [5.74, 6) is 0. The number of aromatic nitrogens is 1. The number of hydrogen-bond donors (Lipinski definition) is 1. The summed E-state index contributed by atoms with van der Waals surface area (Å²) >= 11 is 3.42. The molecule has 0 aliphatic rings. The predicted molar refractivity (Wildman–Crippen MR) is 76.4 cm³/mol. The molecule has 0 radical (unpaired) electrons. The second-order valence-corrected chi connectivity index (χ2v) is 5.06. The van der Waals surface area contributed by atoms with Crippen molar-refractivity contribution in [1.82, 2.24) is 4.98 Å². The minimum absolute atomic E-state index is 0.0372. The van der Waals surface area contributed by atoms with Crippen molar-refractivity contribution in [2.45, 2.75) is 13.2 Å². The highest BCUT2D eigenvalue weighted by atomic mass is 79.9. The van der Waals surface area contributed by atoms with Gasteiger partial charge < -0.3 is 10.0 Å². The highest BCUT2D eigenvalue weighted by Gasteiger charge is 2.08. The first-order valence-electron chi connectivity index (χ1n) is 5.70. The average molecular weight is 307 g/mol. The van der Waals surface area contributed by atoms with Crippen LogP contribution in [-0.2, 0) is 13.2 Å². The Labute approximate surface area is 115 Å². The number of anilines is 1. The van der Waals surface area contributed by atoms with Gasteiger partial charge in [-0.15, -0.1) is 0 Å². The number of halogens is 1. The Morgan fingerprint density at radius 1 is 1.22 bits per heavy atom. The van der Waals surface area contributed by atoms with Crippen molar-refractivity contribution in [2.24, 2.45) is 0 Å². The first-order valence-corrected chi connectivity index (χ1v) is 6.49. The standard InChI is InChI=1S/C14H15BrN2O/c1-17(9-11-4-6-16-7-5-11)14-3-2-13(15)8-12(14)10-18/h2-8,18H,9-10H2,1H3. The number of hydrogen-bond acceptors (Lipinski definition) is 3. The van der Waals surface area contributed by atoms with Gasteiger partial charge in [-0.05, 0) is 35.9 Å². The number of benzene rings is 1. The Morgan fingerprint density at radius 2 is 1.94 bits per heavy atom. The van der Waals surface area contributed by atoms with Gasteiger partial charge in [0.25, 0.3) is 0 Å². The molecule has 3 nitrogen and oxygen atoms in total. The SMILES string of the molecule is CN(Cc1ccncc1)c1ccc(Br)cc1CO. The summed E-state index contributed by atoms with van der Waals surface area (Å²) in [7, 11) is 2.02. The van der Waals surface area contributed by atoms with E-state index in [1.807, 2.05) is 37.4 Å². The van der Waals surface area contributed by atoms with Crippen molar-refractivity contribution in [3.63, 3.8) is 0 Å². The molecule has 0 aliphatic heterocycles. The van der Waals surface area contributed by atoms with Gasteiger partial charge in [-0.25, -0.2) is 0 Å². The smallest absolute Gasteiger partial charge is 0.0702 e. The number of aliphatic hydroxyl groups excluding tert-OH is 1. The number of rotatable bonds is 4. The van der Waals surface area contributed by atoms with E-state index in [9.17, 15) is 5.11 Å². The zero-order valence-corrected chi connectivity index (χ0v) is 11.8. The summed E-state index contributed by atoms with van der Waals surface area (Å²) in [6.45, 7) is 0.826. The minimum Gasteiger partial charge on any atom is -0.392 e. The van der Waals surface area contributed by atoms with Gasteiger partial charge in [-0.2, -0.15) is 0 Å². The van der Waals surface area contributed by atoms with E-state index in [4.69, 9.17) is 0 Å². The second kappa shape index (κ2) is 5.98. The molecule has 1 aromatic heterocycles. The first kappa shape index (κ1) is 13.1. The van der Waals surface area contributed by atoms with Gasteiger partial charge in [-0.1, -0.05) is 15.9 Å². The van der Waals surface area contributed by atoms with Gasteiger partial charge in [0.05, 0.1) is 6.61 Å². The third-order valence-electron chi connectivity index (χ3n) is 2.79. The van der Waals surface area contributed by atoms with E-state index in [1.165, 1.54) is 5.56 Å². The summed E-state index contributed by atoms with van der Waals surface area (Å²) in [5.41, 5.74) is 3.15. The topological polar surface area (TPSA) is 36.4 Å². The average Bonchev–Trinajstić information content (AvgIpc) is 2.39. The quantitative estimate of drug-likeness (QED) is 0.943. The fraction of sp³-hybridized carbons (Fsp3) is 0.214. The molecule has 1 aromatic carbocycles. The van der Waals surface area contributed by atoms with Gasteiger partial charge >= 0.3 is 0 Å². The maximum Gasteiger partial charge on any atom is 0.0702 e. The van der Waals surface area contributed by atoms with E-state index in [1.54, 1.807) is 12.4 Å². The summed E-state index contributed by atoms with van der Waals surface area (Å²) in [6.07, 6.45) is 3.58. The van der Waals surface area contributed by atoms with E-state index in [-0.39, 0.29) is 6.61 Å². The molecule has 1 N–H and O–H groups in total. The maximum atomic E-state index is 9.40. The van der Waals surface area contributed by atoms with E-state index in [0.717, 1.165) is 22.3 Å². The molecule has 0 bridgehead atoms. The van der Waals surface area contributed by atoms with Crippen LogP contribution in [0.3, 0.4) is 0 Å².